The Morgan fingerprint density at radius 2 is 1.83 bits per heavy atom. The molecule has 0 saturated carbocycles. The van der Waals surface area contributed by atoms with E-state index in [-0.39, 0.29) is 29.3 Å². The molecule has 12 nitrogen and oxygen atoms in total. The van der Waals surface area contributed by atoms with Gasteiger partial charge < -0.3 is 14.4 Å². The highest BCUT2D eigenvalue weighted by Gasteiger charge is 2.31. The number of nitrogens with one attached hydrogen (secondary N) is 2. The van der Waals surface area contributed by atoms with Crippen LogP contribution in [0.1, 0.15) is 46.1 Å². The molecule has 226 valence electrons. The molecule has 1 aliphatic heterocycles. The lowest BCUT2D eigenvalue weighted by Gasteiger charge is -2.30. The number of piperidine rings is 1. The van der Waals surface area contributed by atoms with Crippen LogP contribution < -0.4 is 10.0 Å². The van der Waals surface area contributed by atoms with Crippen molar-refractivity contribution < 1.29 is 36.8 Å². The van der Waals surface area contributed by atoms with Crippen molar-refractivity contribution >= 4 is 28.0 Å². The fraction of sp³-hybridized carbons (Fsp3) is 0.429. The Morgan fingerprint density at radius 3 is 2.43 bits per heavy atom. The number of aliphatic carboxylic acids is 1. The summed E-state index contributed by atoms with van der Waals surface area (Å²) in [6, 6.07) is 9.03. The Bertz CT molecular complexity index is 1530. The molecule has 2 heterocycles. The molecule has 1 atom stereocenters. The number of carbonyl (C=O) groups excluding carboxylic acids is 1. The monoisotopic (exact) mass is 603 g/mol. The first-order valence-electron chi connectivity index (χ1n) is 13.4. The summed E-state index contributed by atoms with van der Waals surface area (Å²) in [7, 11) is -4.02. The fourth-order valence-electron chi connectivity index (χ4n) is 4.33. The zero-order chi connectivity index (χ0) is 30.7. The average Bonchev–Trinajstić information content (AvgIpc) is 3.38. The van der Waals surface area contributed by atoms with Crippen molar-refractivity contribution in [1.82, 2.24) is 19.2 Å². The highest BCUT2D eigenvalue weighted by atomic mass is 32.2. The van der Waals surface area contributed by atoms with Crippen LogP contribution in [-0.2, 0) is 26.2 Å². The summed E-state index contributed by atoms with van der Waals surface area (Å²) in [5, 5.41) is 16.1. The number of anilines is 1. The predicted molar refractivity (Wildman–Crippen MR) is 152 cm³/mol. The Labute approximate surface area is 243 Å². The average molecular weight is 604 g/mol. The van der Waals surface area contributed by atoms with Gasteiger partial charge in [-0.15, -0.1) is 0 Å². The van der Waals surface area contributed by atoms with Crippen LogP contribution >= 0.6 is 0 Å². The number of hydrogen-bond acceptors (Lipinski definition) is 8. The zero-order valence-corrected chi connectivity index (χ0v) is 24.6. The van der Waals surface area contributed by atoms with Crippen LogP contribution in [0.5, 0.6) is 0 Å². The van der Waals surface area contributed by atoms with E-state index in [2.05, 4.69) is 20.2 Å². The van der Waals surface area contributed by atoms with Crippen molar-refractivity contribution in [2.45, 2.75) is 58.6 Å². The third kappa shape index (κ3) is 8.11. The van der Waals surface area contributed by atoms with Crippen molar-refractivity contribution in [3.05, 3.63) is 53.8 Å². The second-order valence-corrected chi connectivity index (χ2v) is 12.9. The maximum absolute atomic E-state index is 15.1. The fourth-order valence-corrected chi connectivity index (χ4v) is 5.71. The Hall–Kier alpha value is -3.88. The van der Waals surface area contributed by atoms with Crippen LogP contribution in [-0.4, -0.2) is 64.8 Å². The number of carboxylic acid groups (broad SMARTS) is 1. The summed E-state index contributed by atoms with van der Waals surface area (Å²) in [5.41, 5.74) is 0.670. The van der Waals surface area contributed by atoms with Gasteiger partial charge in [0.05, 0.1) is 5.56 Å². The van der Waals surface area contributed by atoms with Crippen LogP contribution in [0.15, 0.2) is 47.0 Å². The number of rotatable bonds is 9. The summed E-state index contributed by atoms with van der Waals surface area (Å²) in [5.74, 6) is -1.61. The molecule has 1 fully saturated rings. The number of nitrogens with zero attached hydrogens (tertiary/aromatic N) is 3. The minimum atomic E-state index is -4.02. The number of amides is 1. The van der Waals surface area contributed by atoms with E-state index in [1.807, 2.05) is 6.92 Å². The topological polar surface area (TPSA) is 164 Å². The van der Waals surface area contributed by atoms with Gasteiger partial charge in [-0.05, 0) is 87.9 Å². The van der Waals surface area contributed by atoms with Gasteiger partial charge in [-0.3, -0.25) is 10.1 Å². The first-order chi connectivity index (χ1) is 19.7. The van der Waals surface area contributed by atoms with Gasteiger partial charge >= 0.3 is 12.1 Å². The summed E-state index contributed by atoms with van der Waals surface area (Å²) >= 11 is 0. The Balaban J connectivity index is 1.42. The molecule has 1 aliphatic rings. The third-order valence-electron chi connectivity index (χ3n) is 6.59. The van der Waals surface area contributed by atoms with E-state index in [9.17, 15) is 23.1 Å². The van der Waals surface area contributed by atoms with Gasteiger partial charge in [0.1, 0.15) is 17.5 Å². The van der Waals surface area contributed by atoms with E-state index in [4.69, 9.17) is 9.26 Å². The second-order valence-electron chi connectivity index (χ2n) is 11.2. The largest absolute Gasteiger partial charge is 0.480 e. The molecule has 1 unspecified atom stereocenters. The molecule has 2 aromatic carbocycles. The second kappa shape index (κ2) is 12.5. The smallest absolute Gasteiger partial charge is 0.412 e. The van der Waals surface area contributed by atoms with Crippen molar-refractivity contribution in [1.29, 1.82) is 0 Å². The van der Waals surface area contributed by atoms with Gasteiger partial charge in [0, 0.05) is 24.3 Å². The van der Waals surface area contributed by atoms with Crippen molar-refractivity contribution in [2.24, 2.45) is 5.92 Å². The predicted octanol–water partition coefficient (Wildman–Crippen LogP) is 4.45. The molecule has 1 aromatic heterocycles. The minimum Gasteiger partial charge on any atom is -0.480 e. The van der Waals surface area contributed by atoms with Crippen LogP contribution in [0.25, 0.3) is 22.8 Å². The minimum absolute atomic E-state index is 0.0202. The summed E-state index contributed by atoms with van der Waals surface area (Å²) in [6.07, 6.45) is 0.523. The first kappa shape index (κ1) is 31.1. The first-order valence-corrected chi connectivity index (χ1v) is 14.9. The van der Waals surface area contributed by atoms with Gasteiger partial charge in [0.2, 0.25) is 5.82 Å². The standard InChI is InChI=1S/C28H34FN5O7S/c1-17-11-13-34(14-12-17)42(38,39)33-23(26(35)36)16-18-5-10-21(22(29)15-18)24-31-25(41-32-24)19-6-8-20(9-7-19)30-27(37)40-28(2,3)4/h5-10,15,17,23,33H,11-14,16H2,1-4H3,(H,30,37)(H,35,36). The van der Waals surface area contributed by atoms with Gasteiger partial charge in [-0.2, -0.15) is 22.4 Å². The zero-order valence-electron chi connectivity index (χ0n) is 23.8. The van der Waals surface area contributed by atoms with E-state index < -0.39 is 39.7 Å². The number of carbonyl (C=O) groups is 2. The van der Waals surface area contributed by atoms with Crippen molar-refractivity contribution in [3.63, 3.8) is 0 Å². The Morgan fingerprint density at radius 1 is 1.17 bits per heavy atom. The lowest BCUT2D eigenvalue weighted by molar-refractivity contribution is -0.139. The quantitative estimate of drug-likeness (QED) is 0.320. The van der Waals surface area contributed by atoms with Crippen LogP contribution in [0.4, 0.5) is 14.9 Å². The maximum atomic E-state index is 15.1. The van der Waals surface area contributed by atoms with Crippen LogP contribution in [0, 0.1) is 11.7 Å². The van der Waals surface area contributed by atoms with Crippen LogP contribution in [0.2, 0.25) is 0 Å². The lowest BCUT2D eigenvalue weighted by Crippen LogP contribution is -2.51. The molecule has 42 heavy (non-hydrogen) atoms. The van der Waals surface area contributed by atoms with E-state index in [0.717, 1.165) is 6.07 Å². The SMILES string of the molecule is CC1CCN(S(=O)(=O)NC(Cc2ccc(-c3noc(-c4ccc(NC(=O)OC(C)(C)C)cc4)n3)c(F)c2)C(=O)O)CC1. The molecular weight excluding hydrogens is 569 g/mol. The molecule has 14 heteroatoms. The molecular formula is C28H34FN5O7S. The van der Waals surface area contributed by atoms with E-state index in [1.165, 1.54) is 16.4 Å². The van der Waals surface area contributed by atoms with Gasteiger partial charge in [-0.25, -0.2) is 9.18 Å². The lowest BCUT2D eigenvalue weighted by atomic mass is 10.0. The molecule has 3 aromatic rings. The number of aromatic nitrogens is 2. The van der Waals surface area contributed by atoms with E-state index >= 15 is 4.39 Å². The highest BCUT2D eigenvalue weighted by molar-refractivity contribution is 7.87. The molecule has 0 radical (unpaired) electrons. The van der Waals surface area contributed by atoms with E-state index in [0.29, 0.717) is 43.1 Å². The number of benzene rings is 2. The molecule has 4 rings (SSSR count). The molecule has 0 bridgehead atoms. The maximum Gasteiger partial charge on any atom is 0.412 e. The molecule has 1 saturated heterocycles. The van der Waals surface area contributed by atoms with Crippen molar-refractivity contribution in [3.8, 4) is 22.8 Å². The summed E-state index contributed by atoms with van der Waals surface area (Å²) in [6.45, 7) is 7.93. The Kier molecular flexibility index (Phi) is 9.28. The van der Waals surface area contributed by atoms with Crippen LogP contribution in [0.3, 0.4) is 0 Å². The number of carboxylic acids is 1. The molecule has 0 spiro atoms. The summed E-state index contributed by atoms with van der Waals surface area (Å²) < 4.78 is 54.6. The third-order valence-corrected chi connectivity index (χ3v) is 8.22. The molecule has 0 aliphatic carbocycles. The van der Waals surface area contributed by atoms with Crippen molar-refractivity contribution in [2.75, 3.05) is 18.4 Å². The van der Waals surface area contributed by atoms with E-state index in [1.54, 1.807) is 45.0 Å². The van der Waals surface area contributed by atoms with Gasteiger partial charge in [0.15, 0.2) is 0 Å². The molecule has 1 amide bonds. The number of ether oxygens (including phenoxy) is 1. The summed E-state index contributed by atoms with van der Waals surface area (Å²) in [4.78, 5) is 28.1. The molecule has 3 N–H and O–H groups in total. The normalized spacial score (nSPS) is 15.7. The van der Waals surface area contributed by atoms with Gasteiger partial charge in [-0.1, -0.05) is 18.1 Å². The number of hydrogen-bond donors (Lipinski definition) is 3. The number of halogens is 1. The van der Waals surface area contributed by atoms with Gasteiger partial charge in [0.25, 0.3) is 16.1 Å². The highest BCUT2D eigenvalue weighted by Crippen LogP contribution is 2.26.